The second kappa shape index (κ2) is 9.13. The highest BCUT2D eigenvalue weighted by Crippen LogP contribution is 2.16. The lowest BCUT2D eigenvalue weighted by Gasteiger charge is -2.21. The molecule has 144 valence electrons. The Morgan fingerprint density at radius 3 is 2.32 bits per heavy atom. The summed E-state index contributed by atoms with van der Waals surface area (Å²) >= 11 is 0. The van der Waals surface area contributed by atoms with Crippen LogP contribution in [0.1, 0.15) is 41.2 Å². The molecule has 0 atom stereocenters. The van der Waals surface area contributed by atoms with Crippen LogP contribution in [-0.2, 0) is 13.0 Å². The maximum absolute atomic E-state index is 13.0. The summed E-state index contributed by atoms with van der Waals surface area (Å²) in [6, 6.07) is 19.9. The van der Waals surface area contributed by atoms with Gasteiger partial charge < -0.3 is 10.2 Å². The van der Waals surface area contributed by atoms with Gasteiger partial charge in [0.1, 0.15) is 5.69 Å². The minimum absolute atomic E-state index is 0.0961. The molecule has 0 saturated carbocycles. The van der Waals surface area contributed by atoms with Gasteiger partial charge in [-0.3, -0.25) is 4.79 Å². The first-order valence-electron chi connectivity index (χ1n) is 9.64. The van der Waals surface area contributed by atoms with Gasteiger partial charge in [-0.1, -0.05) is 49.4 Å². The largest absolute Gasteiger partial charge is 0.333 e. The lowest BCUT2D eigenvalue weighted by molar-refractivity contribution is 0.0746. The molecule has 1 aromatic heterocycles. The van der Waals surface area contributed by atoms with Gasteiger partial charge in [-0.15, -0.1) is 0 Å². The molecule has 0 aliphatic heterocycles. The summed E-state index contributed by atoms with van der Waals surface area (Å²) in [6.07, 6.45) is 0.994. The Labute approximate surface area is 166 Å². The Bertz CT molecular complexity index is 923. The maximum atomic E-state index is 13.0. The molecule has 0 bridgehead atoms. The van der Waals surface area contributed by atoms with Gasteiger partial charge in [-0.2, -0.15) is 0 Å². The van der Waals surface area contributed by atoms with Crippen molar-refractivity contribution in [2.75, 3.05) is 11.9 Å². The van der Waals surface area contributed by atoms with Crippen LogP contribution in [0.3, 0.4) is 0 Å². The Balaban J connectivity index is 1.79. The summed E-state index contributed by atoms with van der Waals surface area (Å²) in [4.78, 5) is 23.7. The quantitative estimate of drug-likeness (QED) is 0.648. The third kappa shape index (κ3) is 4.94. The van der Waals surface area contributed by atoms with Crippen molar-refractivity contribution < 1.29 is 4.79 Å². The molecule has 28 heavy (non-hydrogen) atoms. The minimum atomic E-state index is -0.0961. The van der Waals surface area contributed by atoms with E-state index >= 15 is 0 Å². The van der Waals surface area contributed by atoms with Crippen LogP contribution in [0.25, 0.3) is 0 Å². The molecular weight excluding hydrogens is 348 g/mol. The van der Waals surface area contributed by atoms with Gasteiger partial charge >= 0.3 is 0 Å². The van der Waals surface area contributed by atoms with Gasteiger partial charge in [0.25, 0.3) is 5.91 Å². The van der Waals surface area contributed by atoms with E-state index in [1.54, 1.807) is 11.0 Å². The molecule has 0 radical (unpaired) electrons. The topological polar surface area (TPSA) is 58.1 Å². The number of carbonyl (C=O) groups excluding carboxylic acids is 1. The number of nitrogens with one attached hydrogen (secondary N) is 1. The van der Waals surface area contributed by atoms with Crippen molar-refractivity contribution >= 4 is 17.5 Å². The lowest BCUT2D eigenvalue weighted by atomic mass is 10.1. The van der Waals surface area contributed by atoms with Gasteiger partial charge in [0.2, 0.25) is 5.95 Å². The minimum Gasteiger partial charge on any atom is -0.333 e. The summed E-state index contributed by atoms with van der Waals surface area (Å²) in [6.45, 7) is 7.14. The number of hydrogen-bond acceptors (Lipinski definition) is 4. The Kier molecular flexibility index (Phi) is 6.37. The third-order valence-corrected chi connectivity index (χ3v) is 4.58. The van der Waals surface area contributed by atoms with E-state index in [1.807, 2.05) is 56.3 Å². The Morgan fingerprint density at radius 1 is 0.964 bits per heavy atom. The number of aromatic nitrogens is 2. The number of benzene rings is 2. The number of nitrogens with zero attached hydrogens (tertiary/aromatic N) is 3. The van der Waals surface area contributed by atoms with Crippen molar-refractivity contribution in [3.05, 3.63) is 83.2 Å². The zero-order valence-corrected chi connectivity index (χ0v) is 16.6. The molecule has 0 aliphatic rings. The zero-order chi connectivity index (χ0) is 19.9. The fourth-order valence-electron chi connectivity index (χ4n) is 2.98. The van der Waals surface area contributed by atoms with Crippen LogP contribution in [-0.4, -0.2) is 27.3 Å². The first-order valence-corrected chi connectivity index (χ1v) is 9.64. The van der Waals surface area contributed by atoms with E-state index in [-0.39, 0.29) is 5.91 Å². The second-order valence-electron chi connectivity index (χ2n) is 6.70. The van der Waals surface area contributed by atoms with Gasteiger partial charge in [-0.25, -0.2) is 9.97 Å². The average molecular weight is 374 g/mol. The molecule has 5 heteroatoms. The van der Waals surface area contributed by atoms with Gasteiger partial charge in [0, 0.05) is 24.5 Å². The van der Waals surface area contributed by atoms with Crippen molar-refractivity contribution in [1.29, 1.82) is 0 Å². The number of hydrogen-bond donors (Lipinski definition) is 1. The van der Waals surface area contributed by atoms with Crippen molar-refractivity contribution in [2.45, 2.75) is 33.7 Å². The smallest absolute Gasteiger partial charge is 0.272 e. The zero-order valence-electron chi connectivity index (χ0n) is 16.6. The molecular formula is C23H26N4O. The van der Waals surface area contributed by atoms with Crippen LogP contribution in [0.2, 0.25) is 0 Å². The fraction of sp³-hybridized carbons (Fsp3) is 0.261. The normalized spacial score (nSPS) is 10.5. The number of aryl methyl sites for hydroxylation is 2. The first-order chi connectivity index (χ1) is 13.6. The molecule has 3 aromatic rings. The SMILES string of the molecule is CCc1ccc(Nc2nc(C)cc(C(=O)N(CC)Cc3ccccc3)n2)cc1. The third-order valence-electron chi connectivity index (χ3n) is 4.58. The van der Waals surface area contributed by atoms with Gasteiger partial charge in [0.05, 0.1) is 0 Å². The maximum Gasteiger partial charge on any atom is 0.272 e. The van der Waals surface area contributed by atoms with Gasteiger partial charge in [-0.05, 0) is 49.6 Å². The molecule has 2 aromatic carbocycles. The van der Waals surface area contributed by atoms with Crippen molar-refractivity contribution in [2.24, 2.45) is 0 Å². The van der Waals surface area contributed by atoms with E-state index in [0.29, 0.717) is 24.7 Å². The highest BCUT2D eigenvalue weighted by molar-refractivity contribution is 5.92. The summed E-state index contributed by atoms with van der Waals surface area (Å²) in [7, 11) is 0. The average Bonchev–Trinajstić information content (AvgIpc) is 2.72. The Morgan fingerprint density at radius 2 is 1.68 bits per heavy atom. The van der Waals surface area contributed by atoms with Crippen molar-refractivity contribution in [3.8, 4) is 0 Å². The van der Waals surface area contributed by atoms with Crippen molar-refractivity contribution in [3.63, 3.8) is 0 Å². The Hall–Kier alpha value is -3.21. The predicted molar refractivity (Wildman–Crippen MR) is 113 cm³/mol. The lowest BCUT2D eigenvalue weighted by Crippen LogP contribution is -2.31. The molecule has 0 saturated heterocycles. The van der Waals surface area contributed by atoms with Crippen LogP contribution in [0.5, 0.6) is 0 Å². The molecule has 0 aliphatic carbocycles. The van der Waals surface area contributed by atoms with Crippen LogP contribution in [0.4, 0.5) is 11.6 Å². The first kappa shape index (κ1) is 19.5. The number of anilines is 2. The molecule has 0 spiro atoms. The predicted octanol–water partition coefficient (Wildman–Crippen LogP) is 4.75. The highest BCUT2D eigenvalue weighted by atomic mass is 16.2. The van der Waals surface area contributed by atoms with Crippen LogP contribution in [0.15, 0.2) is 60.7 Å². The van der Waals surface area contributed by atoms with E-state index in [0.717, 1.165) is 23.4 Å². The second-order valence-corrected chi connectivity index (χ2v) is 6.70. The van der Waals surface area contributed by atoms with E-state index in [9.17, 15) is 4.79 Å². The number of rotatable bonds is 7. The summed E-state index contributed by atoms with van der Waals surface area (Å²) in [5.74, 6) is 0.338. The summed E-state index contributed by atoms with van der Waals surface area (Å²) in [5.41, 5.74) is 4.42. The van der Waals surface area contributed by atoms with Crippen molar-refractivity contribution in [1.82, 2.24) is 14.9 Å². The molecule has 3 rings (SSSR count). The monoisotopic (exact) mass is 374 g/mol. The number of carbonyl (C=O) groups is 1. The van der Waals surface area contributed by atoms with E-state index in [4.69, 9.17) is 0 Å². The molecule has 1 N–H and O–H groups in total. The summed E-state index contributed by atoms with van der Waals surface area (Å²) in [5, 5.41) is 3.20. The van der Waals surface area contributed by atoms with E-state index in [1.165, 1.54) is 5.56 Å². The van der Waals surface area contributed by atoms with E-state index in [2.05, 4.69) is 34.3 Å². The van der Waals surface area contributed by atoms with Crippen LogP contribution < -0.4 is 5.32 Å². The molecule has 1 amide bonds. The standard InChI is InChI=1S/C23H26N4O/c1-4-18-11-13-20(14-12-18)25-23-24-17(3)15-21(26-23)22(28)27(5-2)16-19-9-7-6-8-10-19/h6-15H,4-5,16H2,1-3H3,(H,24,25,26). The molecule has 0 fully saturated rings. The molecule has 1 heterocycles. The molecule has 5 nitrogen and oxygen atoms in total. The fourth-order valence-corrected chi connectivity index (χ4v) is 2.98. The van der Waals surface area contributed by atoms with Gasteiger partial charge in [0.15, 0.2) is 0 Å². The summed E-state index contributed by atoms with van der Waals surface area (Å²) < 4.78 is 0. The highest BCUT2D eigenvalue weighted by Gasteiger charge is 2.17. The number of amides is 1. The van der Waals surface area contributed by atoms with E-state index < -0.39 is 0 Å². The molecule has 0 unspecified atom stereocenters. The van der Waals surface area contributed by atoms with Crippen LogP contribution >= 0.6 is 0 Å². The van der Waals surface area contributed by atoms with Crippen LogP contribution in [0, 0.1) is 6.92 Å².